The van der Waals surface area contributed by atoms with Crippen molar-refractivity contribution in [3.05, 3.63) is 59.7 Å². The van der Waals surface area contributed by atoms with Gasteiger partial charge in [0.05, 0.1) is 6.61 Å². The van der Waals surface area contributed by atoms with Crippen molar-refractivity contribution in [2.45, 2.75) is 43.7 Å². The lowest BCUT2D eigenvalue weighted by Gasteiger charge is -2.37. The van der Waals surface area contributed by atoms with Crippen molar-refractivity contribution in [3.63, 3.8) is 0 Å². The molecule has 1 aliphatic heterocycles. The van der Waals surface area contributed by atoms with Gasteiger partial charge >= 0.3 is 0 Å². The zero-order chi connectivity index (χ0) is 24.3. The summed E-state index contributed by atoms with van der Waals surface area (Å²) in [6.07, 6.45) is 6.37. The number of hydrogen-bond acceptors (Lipinski definition) is 5. The molecule has 1 fully saturated rings. The minimum Gasteiger partial charge on any atom is -0.487 e. The summed E-state index contributed by atoms with van der Waals surface area (Å²) in [5, 5.41) is 9.80. The van der Waals surface area contributed by atoms with Crippen LogP contribution in [0.5, 0.6) is 5.75 Å². The van der Waals surface area contributed by atoms with Gasteiger partial charge in [-0.1, -0.05) is 55.5 Å². The number of hydrogen-bond donors (Lipinski definition) is 1. The van der Waals surface area contributed by atoms with E-state index in [-0.39, 0.29) is 23.5 Å². The maximum Gasteiger partial charge on any atom is 0.247 e. The van der Waals surface area contributed by atoms with Gasteiger partial charge in [-0.05, 0) is 56.0 Å². The fraction of sp³-hybridized carbons (Fsp3) is 0.481. The molecule has 2 aromatic rings. The third-order valence-electron chi connectivity index (χ3n) is 6.72. The first-order valence-electron chi connectivity index (χ1n) is 12.1. The number of rotatable bonds is 8. The molecule has 2 aliphatic rings. The summed E-state index contributed by atoms with van der Waals surface area (Å²) in [4.78, 5) is 2.46. The van der Waals surface area contributed by atoms with Gasteiger partial charge in [0, 0.05) is 31.6 Å². The number of nitrogens with zero attached hydrogens (tertiary/aromatic N) is 2. The second-order valence-corrected chi connectivity index (χ2v) is 11.7. The summed E-state index contributed by atoms with van der Waals surface area (Å²) in [5.41, 5.74) is 1.94. The Labute approximate surface area is 203 Å². The van der Waals surface area contributed by atoms with E-state index >= 15 is 0 Å². The zero-order valence-electron chi connectivity index (χ0n) is 20.3. The van der Waals surface area contributed by atoms with Gasteiger partial charge in [0.2, 0.25) is 10.0 Å². The van der Waals surface area contributed by atoms with E-state index in [2.05, 4.69) is 11.9 Å². The van der Waals surface area contributed by atoms with Crippen LogP contribution in [0.3, 0.4) is 0 Å². The molecule has 0 amide bonds. The highest BCUT2D eigenvalue weighted by Crippen LogP contribution is 2.35. The number of sulfonamides is 1. The second kappa shape index (κ2) is 10.6. The topological polar surface area (TPSA) is 70.1 Å². The maximum atomic E-state index is 13.6. The molecule has 1 saturated carbocycles. The minimum absolute atomic E-state index is 0.0397. The molecule has 0 unspecified atom stereocenters. The third-order valence-corrected chi connectivity index (χ3v) is 8.74. The molecule has 0 radical (unpaired) electrons. The van der Waals surface area contributed by atoms with Crippen molar-refractivity contribution < 1.29 is 18.3 Å². The Bertz CT molecular complexity index is 1100. The Balaban J connectivity index is 1.69. The van der Waals surface area contributed by atoms with Gasteiger partial charge in [0.25, 0.3) is 0 Å². The quantitative estimate of drug-likeness (QED) is 0.574. The number of fused-ring (bicyclic) bond motifs is 1. The molecule has 1 aliphatic carbocycles. The van der Waals surface area contributed by atoms with Gasteiger partial charge < -0.3 is 14.7 Å². The van der Waals surface area contributed by atoms with Crippen molar-refractivity contribution in [2.24, 2.45) is 11.8 Å². The molecule has 0 saturated heterocycles. The van der Waals surface area contributed by atoms with E-state index in [4.69, 9.17) is 4.74 Å². The summed E-state index contributed by atoms with van der Waals surface area (Å²) in [7, 11) is -1.71. The predicted molar refractivity (Wildman–Crippen MR) is 136 cm³/mol. The van der Waals surface area contributed by atoms with Gasteiger partial charge in [-0.2, -0.15) is 4.31 Å². The van der Waals surface area contributed by atoms with Gasteiger partial charge in [-0.25, -0.2) is 8.42 Å². The predicted octanol–water partition coefficient (Wildman–Crippen LogP) is 3.97. The first-order chi connectivity index (χ1) is 16.3. The van der Waals surface area contributed by atoms with E-state index in [0.29, 0.717) is 12.3 Å². The smallest absolute Gasteiger partial charge is 0.247 e. The lowest BCUT2D eigenvalue weighted by atomic mass is 10.0. The number of likely N-dealkylation sites (N-methyl/N-ethyl adjacent to an activating group) is 1. The first kappa shape index (κ1) is 24.9. The van der Waals surface area contributed by atoms with Gasteiger partial charge in [-0.15, -0.1) is 0 Å². The molecule has 1 heterocycles. The van der Waals surface area contributed by atoms with Crippen molar-refractivity contribution >= 4 is 22.2 Å². The summed E-state index contributed by atoms with van der Waals surface area (Å²) in [6, 6.07) is 14.7. The lowest BCUT2D eigenvalue weighted by molar-refractivity contribution is 0.0740. The van der Waals surface area contributed by atoms with Crippen LogP contribution in [0.1, 0.15) is 37.8 Å². The second-order valence-electron chi connectivity index (χ2n) is 9.85. The van der Waals surface area contributed by atoms with Crippen LogP contribution < -0.4 is 4.74 Å². The Hall–Kier alpha value is -2.19. The fourth-order valence-corrected chi connectivity index (χ4v) is 6.27. The van der Waals surface area contributed by atoms with Crippen molar-refractivity contribution in [3.8, 4) is 5.75 Å². The molecule has 0 aromatic heterocycles. The van der Waals surface area contributed by atoms with Crippen LogP contribution in [0.25, 0.3) is 12.2 Å². The molecule has 2 aromatic carbocycles. The number of ether oxygens (including phenoxy) is 1. The number of benzene rings is 2. The van der Waals surface area contributed by atoms with Crippen molar-refractivity contribution in [1.82, 2.24) is 9.21 Å². The molecule has 0 bridgehead atoms. The van der Waals surface area contributed by atoms with E-state index < -0.39 is 16.1 Å². The van der Waals surface area contributed by atoms with Crippen LogP contribution in [-0.2, 0) is 10.0 Å². The van der Waals surface area contributed by atoms with Gasteiger partial charge in [-0.3, -0.25) is 0 Å². The molecule has 6 nitrogen and oxygen atoms in total. The molecule has 34 heavy (non-hydrogen) atoms. The van der Waals surface area contributed by atoms with Crippen LogP contribution in [0.15, 0.2) is 53.4 Å². The van der Waals surface area contributed by atoms with E-state index in [1.807, 2.05) is 55.5 Å². The molecular formula is C27H36N2O4S. The highest BCUT2D eigenvalue weighted by Gasteiger charge is 2.38. The average Bonchev–Trinajstić information content (AvgIpc) is 3.64. The molecular weight excluding hydrogens is 448 g/mol. The summed E-state index contributed by atoms with van der Waals surface area (Å²) >= 11 is 0. The standard InChI is InChI=1S/C27H36N2O4S/c1-20-16-29(21(2)19-30)34(31,32)27-14-13-23(10-9-22-7-5-4-6-8-22)15-25(27)33-26(20)18-28(3)17-24-11-12-24/h4-10,13-15,20-21,24,26,30H,11-12,16-19H2,1-3H3/b10-9+/t20-,21-,26-/m1/s1. The largest absolute Gasteiger partial charge is 0.487 e. The first-order valence-corrected chi connectivity index (χ1v) is 13.6. The SMILES string of the molecule is C[C@@H]1CN([C@H](C)CO)S(=O)(=O)c2ccc(/C=C/c3ccccc3)cc2O[C@@H]1CN(C)CC1CC1. The highest BCUT2D eigenvalue weighted by molar-refractivity contribution is 7.89. The van der Waals surface area contributed by atoms with Crippen LogP contribution in [0.2, 0.25) is 0 Å². The Morgan fingerprint density at radius 2 is 1.82 bits per heavy atom. The molecule has 184 valence electrons. The van der Waals surface area contributed by atoms with E-state index in [0.717, 1.165) is 30.1 Å². The third kappa shape index (κ3) is 5.89. The van der Waals surface area contributed by atoms with E-state index in [9.17, 15) is 13.5 Å². The van der Waals surface area contributed by atoms with Gasteiger partial charge in [0.1, 0.15) is 16.7 Å². The Morgan fingerprint density at radius 3 is 2.50 bits per heavy atom. The van der Waals surface area contributed by atoms with Crippen molar-refractivity contribution in [2.75, 3.05) is 33.3 Å². The van der Waals surface area contributed by atoms with Crippen LogP contribution >= 0.6 is 0 Å². The molecule has 3 atom stereocenters. The maximum absolute atomic E-state index is 13.6. The number of aliphatic hydroxyl groups is 1. The van der Waals surface area contributed by atoms with Crippen LogP contribution in [0.4, 0.5) is 0 Å². The monoisotopic (exact) mass is 484 g/mol. The van der Waals surface area contributed by atoms with Crippen LogP contribution in [-0.4, -0.2) is 68.2 Å². The molecule has 7 heteroatoms. The fourth-order valence-electron chi connectivity index (χ4n) is 4.44. The Morgan fingerprint density at radius 1 is 1.12 bits per heavy atom. The lowest BCUT2D eigenvalue weighted by Crippen LogP contribution is -2.49. The molecule has 4 rings (SSSR count). The number of aliphatic hydroxyl groups excluding tert-OH is 1. The summed E-state index contributed by atoms with van der Waals surface area (Å²) in [6.45, 7) is 5.62. The Kier molecular flexibility index (Phi) is 7.77. The van der Waals surface area contributed by atoms with Crippen molar-refractivity contribution in [1.29, 1.82) is 0 Å². The van der Waals surface area contributed by atoms with Gasteiger partial charge in [0.15, 0.2) is 0 Å². The summed E-state index contributed by atoms with van der Waals surface area (Å²) in [5.74, 6) is 1.10. The molecule has 0 spiro atoms. The average molecular weight is 485 g/mol. The normalized spacial score (nSPS) is 23.8. The minimum atomic E-state index is -3.82. The zero-order valence-corrected chi connectivity index (χ0v) is 21.1. The highest BCUT2D eigenvalue weighted by atomic mass is 32.2. The van der Waals surface area contributed by atoms with Crippen LogP contribution in [0, 0.1) is 11.8 Å². The van der Waals surface area contributed by atoms with E-state index in [1.165, 1.54) is 17.1 Å². The van der Waals surface area contributed by atoms with E-state index in [1.54, 1.807) is 19.1 Å². The summed E-state index contributed by atoms with van der Waals surface area (Å²) < 4.78 is 35.1. The molecule has 1 N–H and O–H groups in total.